The Morgan fingerprint density at radius 3 is 2.61 bits per heavy atom. The van der Waals surface area contributed by atoms with Gasteiger partial charge >= 0.3 is 12.3 Å². The molecule has 1 aromatic heterocycles. The summed E-state index contributed by atoms with van der Waals surface area (Å²) >= 11 is 1.77. The molecule has 2 amide bonds. The third-order valence-electron chi connectivity index (χ3n) is 7.92. The summed E-state index contributed by atoms with van der Waals surface area (Å²) < 4.78 is 49.0. The molecular formula is C31H37F3N4O5S. The van der Waals surface area contributed by atoms with Crippen molar-refractivity contribution in [3.8, 4) is 5.75 Å². The molecule has 2 aliphatic heterocycles. The molecule has 0 spiro atoms. The standard InChI is InChI=1S/C31H37F3N4O5S/c1-30(2)19-28(39)38(21-42-29(40)35-43-20-31(32,33)34)26-18-22(8-9-24(26)30)41-16-4-3-11-36-12-14-37(15-13-36)25-6-5-7-27-23(25)10-17-44-27/h5-10,17-18H,3-4,11-16,19-21H2,1-2H3,(H,35,40). The van der Waals surface area contributed by atoms with Gasteiger partial charge in [-0.05, 0) is 54.6 Å². The van der Waals surface area contributed by atoms with Crippen molar-refractivity contribution in [1.82, 2.24) is 10.4 Å². The molecule has 0 aliphatic carbocycles. The SMILES string of the molecule is CC1(C)CC(=O)N(COC(=O)NOCC(F)(F)F)c2cc(OCCCCN3CCN(c4cccc5sccc45)CC3)ccc21. The number of benzene rings is 2. The summed E-state index contributed by atoms with van der Waals surface area (Å²) in [6.45, 7) is 7.27. The van der Waals surface area contributed by atoms with Gasteiger partial charge in [0.25, 0.3) is 0 Å². The van der Waals surface area contributed by atoms with Crippen molar-refractivity contribution in [1.29, 1.82) is 0 Å². The van der Waals surface area contributed by atoms with Crippen molar-refractivity contribution < 1.29 is 37.1 Å². The number of unbranched alkanes of at least 4 members (excludes halogenated alkanes) is 1. The first-order valence-electron chi connectivity index (χ1n) is 14.6. The Balaban J connectivity index is 1.08. The van der Waals surface area contributed by atoms with E-state index in [1.807, 2.05) is 26.0 Å². The second-order valence-electron chi connectivity index (χ2n) is 11.6. The number of ether oxygens (including phenoxy) is 2. The van der Waals surface area contributed by atoms with Gasteiger partial charge in [-0.15, -0.1) is 11.3 Å². The summed E-state index contributed by atoms with van der Waals surface area (Å²) in [5.41, 5.74) is 3.83. The molecular weight excluding hydrogens is 597 g/mol. The first-order chi connectivity index (χ1) is 21.0. The maximum atomic E-state index is 12.9. The van der Waals surface area contributed by atoms with Gasteiger partial charge in [-0.2, -0.15) is 18.7 Å². The summed E-state index contributed by atoms with van der Waals surface area (Å²) in [6, 6.07) is 14.2. The van der Waals surface area contributed by atoms with E-state index < -0.39 is 31.0 Å². The van der Waals surface area contributed by atoms with Crippen LogP contribution in [0.1, 0.15) is 38.7 Å². The number of halogens is 3. The molecule has 0 bridgehead atoms. The lowest BCUT2D eigenvalue weighted by molar-refractivity contribution is -0.185. The van der Waals surface area contributed by atoms with Crippen LogP contribution in [0.3, 0.4) is 0 Å². The number of nitrogens with one attached hydrogen (secondary N) is 1. The van der Waals surface area contributed by atoms with Crippen LogP contribution in [0.25, 0.3) is 10.1 Å². The molecule has 0 atom stereocenters. The molecule has 13 heteroatoms. The van der Waals surface area contributed by atoms with E-state index in [4.69, 9.17) is 9.47 Å². The van der Waals surface area contributed by atoms with E-state index in [9.17, 15) is 22.8 Å². The van der Waals surface area contributed by atoms with E-state index in [-0.39, 0.29) is 12.3 Å². The number of amides is 2. The van der Waals surface area contributed by atoms with Gasteiger partial charge in [0.15, 0.2) is 13.3 Å². The third-order valence-corrected chi connectivity index (χ3v) is 8.80. The topological polar surface area (TPSA) is 83.6 Å². The molecule has 1 N–H and O–H groups in total. The van der Waals surface area contributed by atoms with Crippen LogP contribution in [-0.2, 0) is 19.8 Å². The van der Waals surface area contributed by atoms with Crippen molar-refractivity contribution in [2.24, 2.45) is 0 Å². The molecule has 1 saturated heterocycles. The van der Waals surface area contributed by atoms with Gasteiger partial charge in [-0.25, -0.2) is 4.79 Å². The number of carbonyl (C=O) groups excluding carboxylic acids is 2. The molecule has 238 valence electrons. The number of hydrogen-bond acceptors (Lipinski definition) is 8. The van der Waals surface area contributed by atoms with Crippen LogP contribution in [0, 0.1) is 0 Å². The Morgan fingerprint density at radius 2 is 1.84 bits per heavy atom. The summed E-state index contributed by atoms with van der Waals surface area (Å²) in [4.78, 5) is 35.1. The molecule has 2 aromatic carbocycles. The highest BCUT2D eigenvalue weighted by atomic mass is 32.1. The molecule has 3 heterocycles. The smallest absolute Gasteiger partial charge is 0.433 e. The van der Waals surface area contributed by atoms with E-state index in [2.05, 4.69) is 44.3 Å². The van der Waals surface area contributed by atoms with Gasteiger partial charge in [0.2, 0.25) is 5.91 Å². The Bertz CT molecular complexity index is 1460. The minimum Gasteiger partial charge on any atom is -0.494 e. The normalized spacial score (nSPS) is 17.1. The van der Waals surface area contributed by atoms with Gasteiger partial charge in [0.05, 0.1) is 12.3 Å². The highest BCUT2D eigenvalue weighted by molar-refractivity contribution is 7.17. The lowest BCUT2D eigenvalue weighted by Gasteiger charge is -2.38. The Morgan fingerprint density at radius 1 is 1.05 bits per heavy atom. The predicted molar refractivity (Wildman–Crippen MR) is 163 cm³/mol. The monoisotopic (exact) mass is 634 g/mol. The van der Waals surface area contributed by atoms with Crippen molar-refractivity contribution >= 4 is 44.8 Å². The maximum Gasteiger partial charge on any atom is 0.433 e. The highest BCUT2D eigenvalue weighted by Crippen LogP contribution is 2.42. The van der Waals surface area contributed by atoms with Crippen molar-refractivity contribution in [3.05, 3.63) is 53.4 Å². The average Bonchev–Trinajstić information content (AvgIpc) is 3.45. The first-order valence-corrected chi connectivity index (χ1v) is 15.5. The zero-order chi connectivity index (χ0) is 31.3. The van der Waals surface area contributed by atoms with Crippen molar-refractivity contribution in [2.45, 2.75) is 44.7 Å². The van der Waals surface area contributed by atoms with E-state index in [0.29, 0.717) is 18.0 Å². The molecule has 0 unspecified atom stereocenters. The molecule has 0 saturated carbocycles. The number of fused-ring (bicyclic) bond motifs is 2. The number of nitrogens with zero attached hydrogens (tertiary/aromatic N) is 3. The maximum absolute atomic E-state index is 12.9. The molecule has 9 nitrogen and oxygen atoms in total. The lowest BCUT2D eigenvalue weighted by atomic mass is 9.77. The first kappa shape index (κ1) is 31.9. The van der Waals surface area contributed by atoms with Crippen LogP contribution in [0.2, 0.25) is 0 Å². The Labute approximate surface area is 258 Å². The van der Waals surface area contributed by atoms with Gasteiger partial charge < -0.3 is 14.4 Å². The number of hydroxylamine groups is 1. The third kappa shape index (κ3) is 7.93. The molecule has 5 rings (SSSR count). The second-order valence-corrected chi connectivity index (χ2v) is 12.6. The molecule has 2 aliphatic rings. The zero-order valence-corrected chi connectivity index (χ0v) is 25.6. The minimum absolute atomic E-state index is 0.174. The van der Waals surface area contributed by atoms with Gasteiger partial charge in [0.1, 0.15) is 5.75 Å². The minimum atomic E-state index is -4.60. The molecule has 0 radical (unpaired) electrons. The number of piperazine rings is 1. The number of hydrogen-bond donors (Lipinski definition) is 1. The fourth-order valence-electron chi connectivity index (χ4n) is 5.66. The van der Waals surface area contributed by atoms with Crippen LogP contribution >= 0.6 is 11.3 Å². The van der Waals surface area contributed by atoms with Crippen LogP contribution in [0.4, 0.5) is 29.3 Å². The van der Waals surface area contributed by atoms with E-state index in [1.165, 1.54) is 20.7 Å². The lowest BCUT2D eigenvalue weighted by Crippen LogP contribution is -2.46. The van der Waals surface area contributed by atoms with Gasteiger partial charge in [-0.1, -0.05) is 26.0 Å². The Kier molecular flexibility index (Phi) is 9.86. The summed E-state index contributed by atoms with van der Waals surface area (Å²) in [6.07, 6.45) is -3.81. The molecule has 1 fully saturated rings. The van der Waals surface area contributed by atoms with Crippen LogP contribution in [-0.4, -0.2) is 75.7 Å². The molecule has 44 heavy (non-hydrogen) atoms. The van der Waals surface area contributed by atoms with E-state index in [1.54, 1.807) is 22.9 Å². The van der Waals surface area contributed by atoms with Crippen molar-refractivity contribution in [3.63, 3.8) is 0 Å². The number of thiophene rings is 1. The van der Waals surface area contributed by atoms with E-state index >= 15 is 0 Å². The van der Waals surface area contributed by atoms with Crippen molar-refractivity contribution in [2.75, 3.05) is 62.5 Å². The number of anilines is 2. The molecule has 3 aromatic rings. The highest BCUT2D eigenvalue weighted by Gasteiger charge is 2.37. The summed E-state index contributed by atoms with van der Waals surface area (Å²) in [5, 5.41) is 3.47. The zero-order valence-electron chi connectivity index (χ0n) is 24.8. The fraction of sp³-hybridized carbons (Fsp3) is 0.484. The van der Waals surface area contributed by atoms with Crippen LogP contribution in [0.5, 0.6) is 5.75 Å². The van der Waals surface area contributed by atoms with Crippen LogP contribution in [0.15, 0.2) is 47.8 Å². The quantitative estimate of drug-likeness (QED) is 0.202. The fourth-order valence-corrected chi connectivity index (χ4v) is 6.47. The summed E-state index contributed by atoms with van der Waals surface area (Å²) in [7, 11) is 0. The second kappa shape index (κ2) is 13.6. The number of rotatable bonds is 11. The largest absolute Gasteiger partial charge is 0.494 e. The average molecular weight is 635 g/mol. The van der Waals surface area contributed by atoms with Crippen LogP contribution < -0.4 is 20.0 Å². The predicted octanol–water partition coefficient (Wildman–Crippen LogP) is 6.07. The van der Waals surface area contributed by atoms with E-state index in [0.717, 1.165) is 51.1 Å². The summed E-state index contributed by atoms with van der Waals surface area (Å²) in [5.74, 6) is 0.296. The Hall–Kier alpha value is -3.55. The van der Waals surface area contributed by atoms with Gasteiger partial charge in [-0.3, -0.25) is 19.4 Å². The number of alkyl halides is 3. The van der Waals surface area contributed by atoms with Gasteiger partial charge in [0, 0.05) is 59.9 Å². The number of carbonyl (C=O) groups is 2.